The first-order chi connectivity index (χ1) is 7.83. The van der Waals surface area contributed by atoms with Crippen molar-refractivity contribution in [1.82, 2.24) is 10.3 Å². The Balaban J connectivity index is 2.18. The van der Waals surface area contributed by atoms with Crippen molar-refractivity contribution < 1.29 is 0 Å². The molecule has 1 aromatic rings. The summed E-state index contributed by atoms with van der Waals surface area (Å²) in [4.78, 5) is 6.74. The lowest BCUT2D eigenvalue weighted by Gasteiger charge is -2.26. The predicted octanol–water partition coefficient (Wildman–Crippen LogP) is 2.18. The van der Waals surface area contributed by atoms with Gasteiger partial charge in [0, 0.05) is 42.8 Å². The van der Waals surface area contributed by atoms with E-state index in [0.717, 1.165) is 13.1 Å². The molecule has 1 aliphatic rings. The molecular formula is C13H21N3. The highest BCUT2D eigenvalue weighted by molar-refractivity contribution is 5.53. The Hall–Kier alpha value is -1.09. The van der Waals surface area contributed by atoms with E-state index in [9.17, 15) is 0 Å². The van der Waals surface area contributed by atoms with Crippen molar-refractivity contribution in [3.63, 3.8) is 0 Å². The van der Waals surface area contributed by atoms with E-state index in [-0.39, 0.29) is 0 Å². The number of nitrogens with zero attached hydrogens (tertiary/aromatic N) is 2. The van der Waals surface area contributed by atoms with Crippen molar-refractivity contribution in [3.05, 3.63) is 24.0 Å². The van der Waals surface area contributed by atoms with Crippen LogP contribution in [0.4, 0.5) is 5.69 Å². The quantitative estimate of drug-likeness (QED) is 0.841. The van der Waals surface area contributed by atoms with E-state index in [4.69, 9.17) is 0 Å². The number of nitrogens with one attached hydrogen (secondary N) is 1. The molecule has 2 heterocycles. The fourth-order valence-electron chi connectivity index (χ4n) is 2.39. The van der Waals surface area contributed by atoms with Crippen LogP contribution in [0.5, 0.6) is 0 Å². The Morgan fingerprint density at radius 2 is 2.44 bits per heavy atom. The van der Waals surface area contributed by atoms with E-state index < -0.39 is 0 Å². The minimum Gasteiger partial charge on any atom is -0.368 e. The summed E-state index contributed by atoms with van der Waals surface area (Å²) in [6.45, 7) is 7.55. The van der Waals surface area contributed by atoms with Crippen LogP contribution in [0.2, 0.25) is 0 Å². The summed E-state index contributed by atoms with van der Waals surface area (Å²) in [6.07, 6.45) is 6.51. The van der Waals surface area contributed by atoms with Crippen molar-refractivity contribution in [2.24, 2.45) is 0 Å². The van der Waals surface area contributed by atoms with Crippen LogP contribution in [0.25, 0.3) is 0 Å². The molecule has 1 fully saturated rings. The molecule has 16 heavy (non-hydrogen) atoms. The Morgan fingerprint density at radius 1 is 1.56 bits per heavy atom. The van der Waals surface area contributed by atoms with Gasteiger partial charge in [0.25, 0.3) is 0 Å². The van der Waals surface area contributed by atoms with Gasteiger partial charge in [0.15, 0.2) is 0 Å². The molecule has 1 aromatic heterocycles. The Bertz CT molecular complexity index is 338. The highest BCUT2D eigenvalue weighted by Crippen LogP contribution is 2.27. The molecule has 0 aromatic carbocycles. The molecule has 2 rings (SSSR count). The first-order valence-electron chi connectivity index (χ1n) is 6.23. The lowest BCUT2D eigenvalue weighted by Crippen LogP contribution is -2.28. The predicted molar refractivity (Wildman–Crippen MR) is 67.7 cm³/mol. The molecule has 3 heteroatoms. The minimum absolute atomic E-state index is 0.669. The largest absolute Gasteiger partial charge is 0.368 e. The molecule has 0 radical (unpaired) electrons. The molecule has 1 saturated heterocycles. The first-order valence-corrected chi connectivity index (χ1v) is 6.23. The molecule has 88 valence electrons. The maximum Gasteiger partial charge on any atom is 0.0445 e. The summed E-state index contributed by atoms with van der Waals surface area (Å²) in [6, 6.07) is 2.82. The van der Waals surface area contributed by atoms with Gasteiger partial charge in [-0.3, -0.25) is 4.98 Å². The zero-order valence-electron chi connectivity index (χ0n) is 10.2. The number of rotatable bonds is 4. The van der Waals surface area contributed by atoms with E-state index in [2.05, 4.69) is 35.1 Å². The maximum atomic E-state index is 4.23. The SMILES string of the molecule is CCNCc1cnccc1N1CCCC1C. The van der Waals surface area contributed by atoms with Gasteiger partial charge in [-0.05, 0) is 32.4 Å². The molecule has 1 N–H and O–H groups in total. The summed E-state index contributed by atoms with van der Waals surface area (Å²) in [5, 5.41) is 3.38. The fourth-order valence-corrected chi connectivity index (χ4v) is 2.39. The van der Waals surface area contributed by atoms with Crippen LogP contribution >= 0.6 is 0 Å². The first kappa shape index (κ1) is 11.4. The third-order valence-corrected chi connectivity index (χ3v) is 3.31. The van der Waals surface area contributed by atoms with E-state index in [1.54, 1.807) is 0 Å². The number of pyridine rings is 1. The van der Waals surface area contributed by atoms with E-state index in [1.807, 2.05) is 12.4 Å². The number of hydrogen-bond donors (Lipinski definition) is 1. The summed E-state index contributed by atoms with van der Waals surface area (Å²) in [7, 11) is 0. The highest BCUT2D eigenvalue weighted by atomic mass is 15.2. The Kier molecular flexibility index (Phi) is 3.78. The standard InChI is InChI=1S/C13H21N3/c1-3-14-9-12-10-15-7-6-13(12)16-8-4-5-11(16)2/h6-7,10-11,14H,3-5,8-9H2,1-2H3. The number of anilines is 1. The van der Waals surface area contributed by atoms with E-state index in [0.29, 0.717) is 6.04 Å². The third-order valence-electron chi connectivity index (χ3n) is 3.31. The van der Waals surface area contributed by atoms with Crippen molar-refractivity contribution >= 4 is 5.69 Å². The summed E-state index contributed by atoms with van der Waals surface area (Å²) >= 11 is 0. The average molecular weight is 219 g/mol. The summed E-state index contributed by atoms with van der Waals surface area (Å²) in [5.74, 6) is 0. The molecule has 0 amide bonds. The second-order valence-corrected chi connectivity index (χ2v) is 4.47. The topological polar surface area (TPSA) is 28.2 Å². The van der Waals surface area contributed by atoms with Crippen LogP contribution in [0.3, 0.4) is 0 Å². The van der Waals surface area contributed by atoms with Crippen LogP contribution in [0, 0.1) is 0 Å². The normalized spacial score (nSPS) is 20.4. The maximum absolute atomic E-state index is 4.23. The Labute approximate surface area is 97.9 Å². The molecule has 0 saturated carbocycles. The zero-order valence-corrected chi connectivity index (χ0v) is 10.2. The van der Waals surface area contributed by atoms with Gasteiger partial charge in [-0.1, -0.05) is 6.92 Å². The fraction of sp³-hybridized carbons (Fsp3) is 0.615. The molecule has 0 spiro atoms. The number of aromatic nitrogens is 1. The Morgan fingerprint density at radius 3 is 3.12 bits per heavy atom. The van der Waals surface area contributed by atoms with Crippen molar-refractivity contribution in [1.29, 1.82) is 0 Å². The van der Waals surface area contributed by atoms with E-state index in [1.165, 1.54) is 30.6 Å². The van der Waals surface area contributed by atoms with E-state index >= 15 is 0 Å². The second-order valence-electron chi connectivity index (χ2n) is 4.47. The van der Waals surface area contributed by atoms with Gasteiger partial charge >= 0.3 is 0 Å². The average Bonchev–Trinajstić information content (AvgIpc) is 2.73. The third kappa shape index (κ3) is 2.35. The smallest absolute Gasteiger partial charge is 0.0445 e. The molecule has 1 atom stereocenters. The van der Waals surface area contributed by atoms with Crippen LogP contribution in [0.1, 0.15) is 32.3 Å². The molecule has 0 aliphatic carbocycles. The zero-order chi connectivity index (χ0) is 11.4. The van der Waals surface area contributed by atoms with Crippen LogP contribution in [-0.2, 0) is 6.54 Å². The van der Waals surface area contributed by atoms with Crippen LogP contribution < -0.4 is 10.2 Å². The minimum atomic E-state index is 0.669. The second kappa shape index (κ2) is 5.30. The van der Waals surface area contributed by atoms with Gasteiger partial charge in [0.2, 0.25) is 0 Å². The lowest BCUT2D eigenvalue weighted by molar-refractivity contribution is 0.703. The molecular weight excluding hydrogens is 198 g/mol. The highest BCUT2D eigenvalue weighted by Gasteiger charge is 2.22. The molecule has 1 unspecified atom stereocenters. The van der Waals surface area contributed by atoms with Gasteiger partial charge in [-0.2, -0.15) is 0 Å². The van der Waals surface area contributed by atoms with Crippen molar-refractivity contribution in [2.45, 2.75) is 39.3 Å². The van der Waals surface area contributed by atoms with Gasteiger partial charge < -0.3 is 10.2 Å². The van der Waals surface area contributed by atoms with Crippen molar-refractivity contribution in [3.8, 4) is 0 Å². The van der Waals surface area contributed by atoms with Gasteiger partial charge in [0.05, 0.1) is 0 Å². The van der Waals surface area contributed by atoms with Crippen LogP contribution in [0.15, 0.2) is 18.5 Å². The van der Waals surface area contributed by atoms with Gasteiger partial charge in [0.1, 0.15) is 0 Å². The monoisotopic (exact) mass is 219 g/mol. The van der Waals surface area contributed by atoms with Gasteiger partial charge in [-0.15, -0.1) is 0 Å². The summed E-state index contributed by atoms with van der Waals surface area (Å²) < 4.78 is 0. The van der Waals surface area contributed by atoms with Gasteiger partial charge in [-0.25, -0.2) is 0 Å². The lowest BCUT2D eigenvalue weighted by atomic mass is 10.2. The summed E-state index contributed by atoms with van der Waals surface area (Å²) in [5.41, 5.74) is 2.68. The molecule has 0 bridgehead atoms. The number of hydrogen-bond acceptors (Lipinski definition) is 3. The van der Waals surface area contributed by atoms with Crippen molar-refractivity contribution in [2.75, 3.05) is 18.0 Å². The molecule has 3 nitrogen and oxygen atoms in total. The molecule has 1 aliphatic heterocycles. The van der Waals surface area contributed by atoms with Crippen LogP contribution in [-0.4, -0.2) is 24.1 Å².